The number of amides is 1. The van der Waals surface area contributed by atoms with Crippen LogP contribution in [0.25, 0.3) is 5.82 Å². The summed E-state index contributed by atoms with van der Waals surface area (Å²) in [7, 11) is 0. The number of hydrogen-bond donors (Lipinski definition) is 2. The van der Waals surface area contributed by atoms with Gasteiger partial charge in [0.15, 0.2) is 0 Å². The molecular formula is C14H19ClN6O2. The summed E-state index contributed by atoms with van der Waals surface area (Å²) in [6.45, 7) is 3.40. The zero-order valence-electron chi connectivity index (χ0n) is 12.7. The van der Waals surface area contributed by atoms with Crippen molar-refractivity contribution in [3.63, 3.8) is 0 Å². The monoisotopic (exact) mass is 338 g/mol. The minimum atomic E-state index is -0.564. The van der Waals surface area contributed by atoms with Gasteiger partial charge in [0.05, 0.1) is 0 Å². The maximum atomic E-state index is 11.1. The lowest BCUT2D eigenvalue weighted by Crippen LogP contribution is -2.28. The minimum Gasteiger partial charge on any atom is -0.381 e. The normalized spacial score (nSPS) is 15.0. The van der Waals surface area contributed by atoms with E-state index in [9.17, 15) is 4.79 Å². The molecule has 0 aromatic carbocycles. The lowest BCUT2D eigenvalue weighted by Gasteiger charge is -2.23. The zero-order valence-corrected chi connectivity index (χ0v) is 13.5. The number of anilines is 1. The van der Waals surface area contributed by atoms with Gasteiger partial charge < -0.3 is 15.8 Å². The fraction of sp³-hybridized carbons (Fsp3) is 0.429. The molecule has 9 heteroatoms. The third-order valence-corrected chi connectivity index (χ3v) is 3.58. The van der Waals surface area contributed by atoms with Crippen molar-refractivity contribution in [2.45, 2.75) is 25.8 Å². The standard InChI is InChI=1S/C14H18N6O2.ClH/c1-9-6-16-14(18-10-2-4-22-5-3-10)19-13(9)20-7-11(12(15)21)17-8-20;/h6-8,10H,2-5H2,1H3,(H2,15,21)(H,16,18,19);1H. The van der Waals surface area contributed by atoms with Gasteiger partial charge in [0, 0.05) is 37.2 Å². The molecule has 8 nitrogen and oxygen atoms in total. The van der Waals surface area contributed by atoms with Crippen molar-refractivity contribution in [3.05, 3.63) is 30.0 Å². The number of nitrogens with two attached hydrogens (primary N) is 1. The molecule has 1 fully saturated rings. The smallest absolute Gasteiger partial charge is 0.268 e. The molecule has 3 N–H and O–H groups in total. The number of imidazole rings is 1. The number of ether oxygens (including phenoxy) is 1. The molecule has 0 radical (unpaired) electrons. The molecule has 1 aliphatic heterocycles. The van der Waals surface area contributed by atoms with E-state index in [1.807, 2.05) is 6.92 Å². The van der Waals surface area contributed by atoms with E-state index >= 15 is 0 Å². The summed E-state index contributed by atoms with van der Waals surface area (Å²) in [5, 5.41) is 3.32. The first kappa shape index (κ1) is 17.2. The highest BCUT2D eigenvalue weighted by Gasteiger charge is 2.16. The molecule has 0 bridgehead atoms. The first-order chi connectivity index (χ1) is 10.6. The van der Waals surface area contributed by atoms with Gasteiger partial charge in [-0.15, -0.1) is 12.4 Å². The van der Waals surface area contributed by atoms with Crippen LogP contribution in [0, 0.1) is 6.92 Å². The Hall–Kier alpha value is -2.19. The van der Waals surface area contributed by atoms with Crippen LogP contribution < -0.4 is 11.1 Å². The number of nitrogens with one attached hydrogen (secondary N) is 1. The predicted octanol–water partition coefficient (Wildman–Crippen LogP) is 1.08. The number of carbonyl (C=O) groups excluding carboxylic acids is 1. The lowest BCUT2D eigenvalue weighted by atomic mass is 10.1. The Labute approximate surface area is 139 Å². The number of primary amides is 1. The van der Waals surface area contributed by atoms with Crippen LogP contribution >= 0.6 is 12.4 Å². The van der Waals surface area contributed by atoms with Crippen molar-refractivity contribution < 1.29 is 9.53 Å². The zero-order chi connectivity index (χ0) is 15.5. The van der Waals surface area contributed by atoms with Crippen LogP contribution in [0.15, 0.2) is 18.7 Å². The highest BCUT2D eigenvalue weighted by Crippen LogP contribution is 2.16. The number of aromatic nitrogens is 4. The van der Waals surface area contributed by atoms with Crippen LogP contribution in [0.2, 0.25) is 0 Å². The average molecular weight is 339 g/mol. The van der Waals surface area contributed by atoms with E-state index in [1.165, 1.54) is 6.33 Å². The van der Waals surface area contributed by atoms with E-state index in [0.29, 0.717) is 17.8 Å². The van der Waals surface area contributed by atoms with Crippen LogP contribution in [0.1, 0.15) is 28.9 Å². The maximum Gasteiger partial charge on any atom is 0.268 e. The summed E-state index contributed by atoms with van der Waals surface area (Å²) in [5.41, 5.74) is 6.31. The first-order valence-corrected chi connectivity index (χ1v) is 7.15. The number of carbonyl (C=O) groups is 1. The van der Waals surface area contributed by atoms with Crippen molar-refractivity contribution >= 4 is 24.3 Å². The van der Waals surface area contributed by atoms with Crippen molar-refractivity contribution in [2.75, 3.05) is 18.5 Å². The van der Waals surface area contributed by atoms with Gasteiger partial charge in [-0.1, -0.05) is 0 Å². The average Bonchev–Trinajstić information content (AvgIpc) is 3.00. The highest BCUT2D eigenvalue weighted by atomic mass is 35.5. The number of rotatable bonds is 4. The Bertz CT molecular complexity index is 684. The molecule has 3 rings (SSSR count). The van der Waals surface area contributed by atoms with Crippen LogP contribution in [0.3, 0.4) is 0 Å². The van der Waals surface area contributed by atoms with Gasteiger partial charge in [0.2, 0.25) is 5.95 Å². The summed E-state index contributed by atoms with van der Waals surface area (Å²) in [6, 6.07) is 0.313. The van der Waals surface area contributed by atoms with E-state index in [1.54, 1.807) is 17.0 Å². The second-order valence-corrected chi connectivity index (χ2v) is 5.26. The van der Waals surface area contributed by atoms with Crippen molar-refractivity contribution in [1.29, 1.82) is 0 Å². The summed E-state index contributed by atoms with van der Waals surface area (Å²) >= 11 is 0. The van der Waals surface area contributed by atoms with Gasteiger partial charge in [-0.25, -0.2) is 9.97 Å². The van der Waals surface area contributed by atoms with Gasteiger partial charge in [0.1, 0.15) is 17.8 Å². The van der Waals surface area contributed by atoms with Crippen LogP contribution in [0.5, 0.6) is 0 Å². The van der Waals surface area contributed by atoms with Crippen molar-refractivity contribution in [1.82, 2.24) is 19.5 Å². The quantitative estimate of drug-likeness (QED) is 0.863. The largest absolute Gasteiger partial charge is 0.381 e. The fourth-order valence-electron chi connectivity index (χ4n) is 2.35. The van der Waals surface area contributed by atoms with Crippen LogP contribution in [-0.4, -0.2) is 44.7 Å². The van der Waals surface area contributed by atoms with Crippen LogP contribution in [-0.2, 0) is 4.74 Å². The van der Waals surface area contributed by atoms with E-state index in [-0.39, 0.29) is 18.1 Å². The maximum absolute atomic E-state index is 11.1. The predicted molar refractivity (Wildman–Crippen MR) is 87.1 cm³/mol. The number of halogens is 1. The Balaban J connectivity index is 0.00000192. The van der Waals surface area contributed by atoms with E-state index in [2.05, 4.69) is 20.3 Å². The van der Waals surface area contributed by atoms with Gasteiger partial charge >= 0.3 is 0 Å². The Morgan fingerprint density at radius 1 is 1.39 bits per heavy atom. The Morgan fingerprint density at radius 3 is 2.78 bits per heavy atom. The number of aryl methyl sites for hydroxylation is 1. The minimum absolute atomic E-state index is 0. The van der Waals surface area contributed by atoms with Gasteiger partial charge in [-0.05, 0) is 19.8 Å². The fourth-order valence-corrected chi connectivity index (χ4v) is 2.35. The molecule has 1 aliphatic rings. The third kappa shape index (κ3) is 3.96. The molecule has 2 aromatic heterocycles. The summed E-state index contributed by atoms with van der Waals surface area (Å²) in [4.78, 5) is 23.9. The van der Waals surface area contributed by atoms with E-state index in [4.69, 9.17) is 10.5 Å². The molecular weight excluding hydrogens is 320 g/mol. The Kier molecular flexibility index (Phi) is 5.51. The molecule has 1 saturated heterocycles. The number of hydrogen-bond acceptors (Lipinski definition) is 6. The topological polar surface area (TPSA) is 108 Å². The van der Waals surface area contributed by atoms with Crippen molar-refractivity contribution in [2.24, 2.45) is 5.73 Å². The second-order valence-electron chi connectivity index (χ2n) is 5.26. The molecule has 1 amide bonds. The molecule has 0 saturated carbocycles. The molecule has 124 valence electrons. The van der Waals surface area contributed by atoms with E-state index in [0.717, 1.165) is 31.6 Å². The summed E-state index contributed by atoms with van der Waals surface area (Å²) in [6.07, 6.45) is 6.70. The third-order valence-electron chi connectivity index (χ3n) is 3.58. The number of nitrogens with zero attached hydrogens (tertiary/aromatic N) is 4. The molecule has 2 aromatic rings. The van der Waals surface area contributed by atoms with Gasteiger partial charge in [-0.2, -0.15) is 4.98 Å². The lowest BCUT2D eigenvalue weighted by molar-refractivity contribution is 0.0903. The highest BCUT2D eigenvalue weighted by molar-refractivity contribution is 5.90. The molecule has 0 aliphatic carbocycles. The van der Waals surface area contributed by atoms with Gasteiger partial charge in [-0.3, -0.25) is 9.36 Å². The molecule has 0 unspecified atom stereocenters. The van der Waals surface area contributed by atoms with Crippen LogP contribution in [0.4, 0.5) is 5.95 Å². The molecule has 23 heavy (non-hydrogen) atoms. The van der Waals surface area contributed by atoms with Gasteiger partial charge in [0.25, 0.3) is 5.91 Å². The molecule has 3 heterocycles. The molecule has 0 atom stereocenters. The van der Waals surface area contributed by atoms with Crippen molar-refractivity contribution in [3.8, 4) is 5.82 Å². The Morgan fingerprint density at radius 2 is 2.13 bits per heavy atom. The second kappa shape index (κ2) is 7.38. The summed E-state index contributed by atoms with van der Waals surface area (Å²) < 4.78 is 7.01. The summed E-state index contributed by atoms with van der Waals surface area (Å²) in [5.74, 6) is 0.664. The van der Waals surface area contributed by atoms with E-state index < -0.39 is 5.91 Å². The SMILES string of the molecule is Cc1cnc(NC2CCOCC2)nc1-n1cnc(C(N)=O)c1.Cl. The molecule has 0 spiro atoms. The first-order valence-electron chi connectivity index (χ1n) is 7.15.